The molecule has 0 spiro atoms. The number of aromatic nitrogens is 3. The Balaban J connectivity index is 1.87. The molecule has 0 saturated carbocycles. The summed E-state index contributed by atoms with van der Waals surface area (Å²) in [5.41, 5.74) is 4.74. The molecular formula is C23H14ClN3OS. The van der Waals surface area contributed by atoms with Gasteiger partial charge in [-0.1, -0.05) is 60.1 Å². The lowest BCUT2D eigenvalue weighted by atomic mass is 10.1. The minimum atomic E-state index is -0.139. The third-order valence-electron chi connectivity index (χ3n) is 4.66. The van der Waals surface area contributed by atoms with Crippen molar-refractivity contribution in [2.45, 2.75) is 0 Å². The van der Waals surface area contributed by atoms with Crippen LogP contribution in [0.5, 0.6) is 0 Å². The molecule has 6 heteroatoms. The molecule has 2 heterocycles. The summed E-state index contributed by atoms with van der Waals surface area (Å²) in [5.74, 6) is 0.553. The Morgan fingerprint density at radius 3 is 2.52 bits per heavy atom. The first-order valence-corrected chi connectivity index (χ1v) is 10.2. The van der Waals surface area contributed by atoms with Gasteiger partial charge in [-0.25, -0.2) is 9.97 Å². The van der Waals surface area contributed by atoms with E-state index in [4.69, 9.17) is 16.6 Å². The van der Waals surface area contributed by atoms with Crippen molar-refractivity contribution < 1.29 is 0 Å². The predicted molar refractivity (Wildman–Crippen MR) is 119 cm³/mol. The van der Waals surface area contributed by atoms with Gasteiger partial charge in [0.1, 0.15) is 0 Å². The zero-order valence-electron chi connectivity index (χ0n) is 15.1. The van der Waals surface area contributed by atoms with Crippen LogP contribution in [0.15, 0.2) is 89.2 Å². The number of rotatable bonds is 3. The van der Waals surface area contributed by atoms with Gasteiger partial charge < -0.3 is 0 Å². The van der Waals surface area contributed by atoms with E-state index >= 15 is 0 Å². The van der Waals surface area contributed by atoms with Crippen LogP contribution in [0.1, 0.15) is 0 Å². The molecule has 0 aliphatic rings. The van der Waals surface area contributed by atoms with E-state index in [1.54, 1.807) is 28.3 Å². The third kappa shape index (κ3) is 3.14. The summed E-state index contributed by atoms with van der Waals surface area (Å²) in [4.78, 5) is 23.7. The number of thiazole rings is 1. The van der Waals surface area contributed by atoms with Crippen LogP contribution in [0, 0.1) is 0 Å². The van der Waals surface area contributed by atoms with Crippen LogP contribution < -0.4 is 5.56 Å². The summed E-state index contributed by atoms with van der Waals surface area (Å²) >= 11 is 7.69. The third-order valence-corrected chi connectivity index (χ3v) is 5.72. The van der Waals surface area contributed by atoms with Gasteiger partial charge in [-0.15, -0.1) is 11.3 Å². The minimum absolute atomic E-state index is 0.139. The van der Waals surface area contributed by atoms with Gasteiger partial charge in [-0.2, -0.15) is 0 Å². The van der Waals surface area contributed by atoms with Crippen molar-refractivity contribution in [3.05, 3.63) is 99.7 Å². The van der Waals surface area contributed by atoms with Crippen molar-refractivity contribution in [2.75, 3.05) is 0 Å². The maximum atomic E-state index is 13.5. The van der Waals surface area contributed by atoms with Gasteiger partial charge in [0.2, 0.25) is 0 Å². The molecule has 5 rings (SSSR count). The van der Waals surface area contributed by atoms with Crippen LogP contribution in [-0.4, -0.2) is 14.5 Å². The number of hydrogen-bond donors (Lipinski definition) is 0. The molecular weight excluding hydrogens is 402 g/mol. The average molecular weight is 416 g/mol. The quantitative estimate of drug-likeness (QED) is 0.372. The molecule has 29 heavy (non-hydrogen) atoms. The first-order valence-electron chi connectivity index (χ1n) is 8.99. The van der Waals surface area contributed by atoms with Crippen molar-refractivity contribution >= 4 is 33.8 Å². The van der Waals surface area contributed by atoms with Crippen molar-refractivity contribution in [3.63, 3.8) is 0 Å². The van der Waals surface area contributed by atoms with Crippen molar-refractivity contribution in [3.8, 4) is 27.6 Å². The Labute approximate surface area is 175 Å². The Morgan fingerprint density at radius 2 is 1.69 bits per heavy atom. The molecule has 0 radical (unpaired) electrons. The topological polar surface area (TPSA) is 47.8 Å². The lowest BCUT2D eigenvalue weighted by Crippen LogP contribution is -2.21. The first kappa shape index (κ1) is 17.8. The van der Waals surface area contributed by atoms with E-state index in [-0.39, 0.29) is 5.56 Å². The van der Waals surface area contributed by atoms with Crippen LogP contribution in [0.4, 0.5) is 0 Å². The van der Waals surface area contributed by atoms with Gasteiger partial charge in [0.15, 0.2) is 5.82 Å². The second-order valence-corrected chi connectivity index (χ2v) is 7.76. The molecule has 140 valence electrons. The Bertz CT molecular complexity index is 1390. The highest BCUT2D eigenvalue weighted by Gasteiger charge is 2.20. The molecule has 2 aromatic heterocycles. The maximum absolute atomic E-state index is 13.5. The lowest BCUT2D eigenvalue weighted by molar-refractivity contribution is 0.980. The number of hydrogen-bond acceptors (Lipinski definition) is 4. The van der Waals surface area contributed by atoms with E-state index in [9.17, 15) is 4.79 Å². The van der Waals surface area contributed by atoms with Gasteiger partial charge in [0, 0.05) is 10.6 Å². The number of benzene rings is 3. The summed E-state index contributed by atoms with van der Waals surface area (Å²) in [6.07, 6.45) is 0. The standard InChI is InChI=1S/C23H14ClN3OS/c24-16-9-6-10-17(13-16)27-22(26-19-12-5-4-11-18(19)23(27)28)21-20(25-14-29-21)15-7-2-1-3-8-15/h1-14H. The number of para-hydroxylation sites is 1. The van der Waals surface area contributed by atoms with E-state index in [0.29, 0.717) is 27.4 Å². The largest absolute Gasteiger partial charge is 0.268 e. The maximum Gasteiger partial charge on any atom is 0.266 e. The zero-order chi connectivity index (χ0) is 19.8. The second-order valence-electron chi connectivity index (χ2n) is 6.47. The molecule has 0 unspecified atom stereocenters. The molecule has 0 fully saturated rings. The summed E-state index contributed by atoms with van der Waals surface area (Å²) in [5, 5.41) is 1.11. The predicted octanol–water partition coefficient (Wildman–Crippen LogP) is 5.83. The molecule has 0 amide bonds. The second kappa shape index (κ2) is 7.28. The highest BCUT2D eigenvalue weighted by Crippen LogP contribution is 2.34. The van der Waals surface area contributed by atoms with E-state index in [2.05, 4.69) is 4.98 Å². The van der Waals surface area contributed by atoms with E-state index in [0.717, 1.165) is 16.1 Å². The highest BCUT2D eigenvalue weighted by atomic mass is 35.5. The van der Waals surface area contributed by atoms with Crippen LogP contribution in [-0.2, 0) is 0 Å². The molecule has 0 aliphatic heterocycles. The Kier molecular flexibility index (Phi) is 4.46. The molecule has 0 N–H and O–H groups in total. The minimum Gasteiger partial charge on any atom is -0.268 e. The molecule has 4 nitrogen and oxygen atoms in total. The Morgan fingerprint density at radius 1 is 0.897 bits per heavy atom. The van der Waals surface area contributed by atoms with Gasteiger partial charge in [-0.05, 0) is 30.3 Å². The molecule has 5 aromatic rings. The highest BCUT2D eigenvalue weighted by molar-refractivity contribution is 7.13. The average Bonchev–Trinajstić information content (AvgIpc) is 3.24. The lowest BCUT2D eigenvalue weighted by Gasteiger charge is -2.14. The molecule has 0 saturated heterocycles. The first-order chi connectivity index (χ1) is 14.2. The summed E-state index contributed by atoms with van der Waals surface area (Å²) in [6.45, 7) is 0. The normalized spacial score (nSPS) is 11.1. The fourth-order valence-electron chi connectivity index (χ4n) is 3.35. The van der Waals surface area contributed by atoms with Crippen LogP contribution in [0.25, 0.3) is 38.5 Å². The van der Waals surface area contributed by atoms with Gasteiger partial charge in [-0.3, -0.25) is 9.36 Å². The molecule has 0 atom stereocenters. The van der Waals surface area contributed by atoms with Crippen molar-refractivity contribution in [1.82, 2.24) is 14.5 Å². The number of nitrogens with zero attached hydrogens (tertiary/aromatic N) is 3. The summed E-state index contributed by atoms with van der Waals surface area (Å²) in [7, 11) is 0. The van der Waals surface area contributed by atoms with Gasteiger partial charge >= 0.3 is 0 Å². The van der Waals surface area contributed by atoms with E-state index in [1.807, 2.05) is 60.7 Å². The number of fused-ring (bicyclic) bond motifs is 1. The SMILES string of the molecule is O=c1c2ccccc2nc(-c2scnc2-c2ccccc2)n1-c1cccc(Cl)c1. The molecule has 0 bridgehead atoms. The van der Waals surface area contributed by atoms with Gasteiger partial charge in [0.05, 0.1) is 32.7 Å². The zero-order valence-corrected chi connectivity index (χ0v) is 16.7. The van der Waals surface area contributed by atoms with Crippen LogP contribution >= 0.6 is 22.9 Å². The smallest absolute Gasteiger partial charge is 0.266 e. The molecule has 0 aliphatic carbocycles. The van der Waals surface area contributed by atoms with Crippen LogP contribution in [0.3, 0.4) is 0 Å². The van der Waals surface area contributed by atoms with E-state index in [1.165, 1.54) is 11.3 Å². The fraction of sp³-hybridized carbons (Fsp3) is 0. The van der Waals surface area contributed by atoms with Gasteiger partial charge in [0.25, 0.3) is 5.56 Å². The summed E-state index contributed by atoms with van der Waals surface area (Å²) < 4.78 is 1.62. The number of halogens is 1. The van der Waals surface area contributed by atoms with Crippen LogP contribution in [0.2, 0.25) is 5.02 Å². The van der Waals surface area contributed by atoms with E-state index < -0.39 is 0 Å². The van der Waals surface area contributed by atoms with Crippen molar-refractivity contribution in [2.24, 2.45) is 0 Å². The summed E-state index contributed by atoms with van der Waals surface area (Å²) in [6, 6.07) is 24.5. The molecule has 3 aromatic carbocycles. The Hall–Kier alpha value is -3.28. The fourth-order valence-corrected chi connectivity index (χ4v) is 4.32. The van der Waals surface area contributed by atoms with Crippen molar-refractivity contribution in [1.29, 1.82) is 0 Å². The monoisotopic (exact) mass is 415 g/mol.